The minimum absolute atomic E-state index is 0.0460. The predicted molar refractivity (Wildman–Crippen MR) is 63.4 cm³/mol. The smallest absolute Gasteiger partial charge is 0.271 e. The van der Waals surface area contributed by atoms with Gasteiger partial charge in [0, 0.05) is 12.0 Å². The molecule has 6 heteroatoms. The SMILES string of the molecule is CCCc1c(C(N)=O)nnn1CC(C)(C)CO. The van der Waals surface area contributed by atoms with Crippen molar-refractivity contribution in [2.75, 3.05) is 6.61 Å². The van der Waals surface area contributed by atoms with Crippen molar-refractivity contribution in [2.24, 2.45) is 11.1 Å². The van der Waals surface area contributed by atoms with Crippen LogP contribution in [-0.2, 0) is 13.0 Å². The number of aliphatic hydroxyl groups is 1. The molecule has 17 heavy (non-hydrogen) atoms. The standard InChI is InChI=1S/C11H20N4O2/c1-4-5-8-9(10(12)17)13-14-15(8)6-11(2,3)7-16/h16H,4-7H2,1-3H3,(H2,12,17). The molecule has 3 N–H and O–H groups in total. The average molecular weight is 240 g/mol. The molecule has 1 heterocycles. The highest BCUT2D eigenvalue weighted by Crippen LogP contribution is 2.19. The number of carbonyl (C=O) groups excluding carboxylic acids is 1. The number of hydrogen-bond donors (Lipinski definition) is 2. The van der Waals surface area contributed by atoms with E-state index in [1.165, 1.54) is 0 Å². The molecule has 1 aromatic rings. The normalized spacial score (nSPS) is 11.8. The van der Waals surface area contributed by atoms with Gasteiger partial charge in [0.25, 0.3) is 5.91 Å². The molecule has 0 fully saturated rings. The van der Waals surface area contributed by atoms with Crippen molar-refractivity contribution in [1.82, 2.24) is 15.0 Å². The number of aliphatic hydroxyl groups excluding tert-OH is 1. The first-order valence-corrected chi connectivity index (χ1v) is 5.74. The zero-order valence-electron chi connectivity index (χ0n) is 10.6. The third-order valence-corrected chi connectivity index (χ3v) is 2.56. The fourth-order valence-corrected chi connectivity index (χ4v) is 1.59. The van der Waals surface area contributed by atoms with E-state index in [9.17, 15) is 9.90 Å². The lowest BCUT2D eigenvalue weighted by atomic mass is 9.95. The Morgan fingerprint density at radius 1 is 1.53 bits per heavy atom. The monoisotopic (exact) mass is 240 g/mol. The molecule has 0 aliphatic heterocycles. The number of hydrogen-bond acceptors (Lipinski definition) is 4. The summed E-state index contributed by atoms with van der Waals surface area (Å²) in [5, 5.41) is 17.0. The first-order chi connectivity index (χ1) is 7.91. The van der Waals surface area contributed by atoms with Crippen LogP contribution in [0.3, 0.4) is 0 Å². The topological polar surface area (TPSA) is 94.0 Å². The fraction of sp³-hybridized carbons (Fsp3) is 0.727. The molecular weight excluding hydrogens is 220 g/mol. The molecule has 0 atom stereocenters. The number of primary amides is 1. The van der Waals surface area contributed by atoms with Crippen LogP contribution < -0.4 is 5.73 Å². The molecule has 0 aliphatic carbocycles. The summed E-state index contributed by atoms with van der Waals surface area (Å²) < 4.78 is 1.67. The predicted octanol–water partition coefficient (Wildman–Crippen LogP) is 0.348. The van der Waals surface area contributed by atoms with Crippen LogP contribution in [0.1, 0.15) is 43.4 Å². The Balaban J connectivity index is 3.03. The van der Waals surface area contributed by atoms with Crippen LogP contribution >= 0.6 is 0 Å². The number of nitrogens with zero attached hydrogens (tertiary/aromatic N) is 3. The number of aromatic nitrogens is 3. The Bertz CT molecular complexity index is 398. The van der Waals surface area contributed by atoms with Crippen LogP contribution in [0.5, 0.6) is 0 Å². The van der Waals surface area contributed by atoms with Crippen LogP contribution in [-0.4, -0.2) is 32.6 Å². The van der Waals surface area contributed by atoms with Crippen molar-refractivity contribution in [3.63, 3.8) is 0 Å². The number of carbonyl (C=O) groups is 1. The second kappa shape index (κ2) is 5.27. The van der Waals surface area contributed by atoms with Gasteiger partial charge in [-0.05, 0) is 6.42 Å². The van der Waals surface area contributed by atoms with E-state index in [1.807, 2.05) is 20.8 Å². The minimum atomic E-state index is -0.554. The summed E-state index contributed by atoms with van der Waals surface area (Å²) in [6.07, 6.45) is 1.58. The van der Waals surface area contributed by atoms with Gasteiger partial charge < -0.3 is 10.8 Å². The summed E-state index contributed by atoms with van der Waals surface area (Å²) in [5.41, 5.74) is 5.94. The highest BCUT2D eigenvalue weighted by molar-refractivity contribution is 5.91. The number of amides is 1. The summed E-state index contributed by atoms with van der Waals surface area (Å²) >= 11 is 0. The zero-order valence-corrected chi connectivity index (χ0v) is 10.6. The first kappa shape index (κ1) is 13.6. The fourth-order valence-electron chi connectivity index (χ4n) is 1.59. The molecule has 0 radical (unpaired) electrons. The highest BCUT2D eigenvalue weighted by Gasteiger charge is 2.23. The molecule has 96 valence electrons. The largest absolute Gasteiger partial charge is 0.396 e. The van der Waals surface area contributed by atoms with E-state index in [0.717, 1.165) is 12.1 Å². The zero-order chi connectivity index (χ0) is 13.1. The second-order valence-corrected chi connectivity index (χ2v) is 4.98. The van der Waals surface area contributed by atoms with E-state index in [0.29, 0.717) is 13.0 Å². The summed E-state index contributed by atoms with van der Waals surface area (Å²) in [6, 6.07) is 0. The Labute approximate surface area is 101 Å². The van der Waals surface area contributed by atoms with Crippen molar-refractivity contribution < 1.29 is 9.90 Å². The molecule has 1 amide bonds. The van der Waals surface area contributed by atoms with Gasteiger partial charge in [-0.25, -0.2) is 4.68 Å². The van der Waals surface area contributed by atoms with E-state index in [2.05, 4.69) is 10.3 Å². The summed E-state index contributed by atoms with van der Waals surface area (Å²) in [7, 11) is 0. The summed E-state index contributed by atoms with van der Waals surface area (Å²) in [5.74, 6) is -0.554. The van der Waals surface area contributed by atoms with Crippen molar-refractivity contribution >= 4 is 5.91 Å². The molecule has 1 rings (SSSR count). The molecule has 0 aliphatic rings. The molecule has 0 unspecified atom stereocenters. The lowest BCUT2D eigenvalue weighted by Crippen LogP contribution is -2.26. The maximum atomic E-state index is 11.2. The molecule has 0 bridgehead atoms. The molecular formula is C11H20N4O2. The quantitative estimate of drug-likeness (QED) is 0.750. The van der Waals surface area contributed by atoms with Gasteiger partial charge in [0.2, 0.25) is 0 Å². The molecule has 0 spiro atoms. The highest BCUT2D eigenvalue weighted by atomic mass is 16.3. The minimum Gasteiger partial charge on any atom is -0.396 e. The van der Waals surface area contributed by atoms with Crippen LogP contribution in [0.4, 0.5) is 0 Å². The van der Waals surface area contributed by atoms with Gasteiger partial charge in [-0.3, -0.25) is 4.79 Å². The Morgan fingerprint density at radius 3 is 2.65 bits per heavy atom. The van der Waals surface area contributed by atoms with E-state index < -0.39 is 5.91 Å². The maximum Gasteiger partial charge on any atom is 0.271 e. The Kier molecular flexibility index (Phi) is 4.22. The second-order valence-electron chi connectivity index (χ2n) is 4.98. The van der Waals surface area contributed by atoms with E-state index in [4.69, 9.17) is 5.73 Å². The molecule has 6 nitrogen and oxygen atoms in total. The molecule has 0 aromatic carbocycles. The van der Waals surface area contributed by atoms with Gasteiger partial charge in [0.15, 0.2) is 5.69 Å². The van der Waals surface area contributed by atoms with Gasteiger partial charge in [-0.15, -0.1) is 5.10 Å². The van der Waals surface area contributed by atoms with Crippen LogP contribution in [0.2, 0.25) is 0 Å². The van der Waals surface area contributed by atoms with Crippen molar-refractivity contribution in [3.05, 3.63) is 11.4 Å². The van der Waals surface area contributed by atoms with Crippen molar-refractivity contribution in [2.45, 2.75) is 40.2 Å². The van der Waals surface area contributed by atoms with Crippen LogP contribution in [0.15, 0.2) is 0 Å². The number of nitrogens with two attached hydrogens (primary N) is 1. The Morgan fingerprint density at radius 2 is 2.18 bits per heavy atom. The van der Waals surface area contributed by atoms with E-state index in [1.54, 1.807) is 4.68 Å². The lowest BCUT2D eigenvalue weighted by Gasteiger charge is -2.22. The van der Waals surface area contributed by atoms with Gasteiger partial charge in [0.05, 0.1) is 12.2 Å². The van der Waals surface area contributed by atoms with E-state index in [-0.39, 0.29) is 17.7 Å². The van der Waals surface area contributed by atoms with Crippen molar-refractivity contribution in [1.29, 1.82) is 0 Å². The summed E-state index contributed by atoms with van der Waals surface area (Å²) in [6.45, 7) is 6.42. The third kappa shape index (κ3) is 3.26. The molecule has 0 saturated heterocycles. The van der Waals surface area contributed by atoms with Crippen LogP contribution in [0, 0.1) is 5.41 Å². The lowest BCUT2D eigenvalue weighted by molar-refractivity contribution is 0.0994. The average Bonchev–Trinajstić information content (AvgIpc) is 2.62. The van der Waals surface area contributed by atoms with E-state index >= 15 is 0 Å². The number of rotatable bonds is 6. The van der Waals surface area contributed by atoms with Crippen LogP contribution in [0.25, 0.3) is 0 Å². The third-order valence-electron chi connectivity index (χ3n) is 2.56. The van der Waals surface area contributed by atoms with Gasteiger partial charge in [-0.2, -0.15) is 0 Å². The van der Waals surface area contributed by atoms with Gasteiger partial charge >= 0.3 is 0 Å². The van der Waals surface area contributed by atoms with Gasteiger partial charge in [0.1, 0.15) is 0 Å². The molecule has 0 saturated carbocycles. The molecule has 1 aromatic heterocycles. The van der Waals surface area contributed by atoms with Crippen molar-refractivity contribution in [3.8, 4) is 0 Å². The van der Waals surface area contributed by atoms with Gasteiger partial charge in [-0.1, -0.05) is 32.4 Å². The maximum absolute atomic E-state index is 11.2. The summed E-state index contributed by atoms with van der Waals surface area (Å²) in [4.78, 5) is 11.2. The first-order valence-electron chi connectivity index (χ1n) is 5.74. The Hall–Kier alpha value is -1.43.